The molecule has 1 rings (SSSR count). The van der Waals surface area contributed by atoms with Gasteiger partial charge in [-0.15, -0.1) is 0 Å². The Hall–Kier alpha value is -0.130. The van der Waals surface area contributed by atoms with Crippen LogP contribution >= 0.6 is 0 Å². The van der Waals surface area contributed by atoms with Gasteiger partial charge in [0.2, 0.25) is 10.0 Å². The molecule has 1 saturated carbocycles. The van der Waals surface area contributed by atoms with E-state index in [4.69, 9.17) is 0 Å². The highest BCUT2D eigenvalue weighted by atomic mass is 32.2. The first-order chi connectivity index (χ1) is 4.99. The fourth-order valence-corrected chi connectivity index (χ4v) is 2.18. The molecule has 0 aromatic heterocycles. The lowest BCUT2D eigenvalue weighted by Gasteiger charge is -2.13. The van der Waals surface area contributed by atoms with Crippen LogP contribution in [-0.4, -0.2) is 31.9 Å². The molecule has 2 N–H and O–H groups in total. The third-order valence-electron chi connectivity index (χ3n) is 1.84. The van der Waals surface area contributed by atoms with Crippen LogP contribution in [0.15, 0.2) is 0 Å². The Balaban J connectivity index is 2.50. The molecule has 0 heterocycles. The van der Waals surface area contributed by atoms with Crippen molar-refractivity contribution in [2.24, 2.45) is 0 Å². The molecular formula is C6H13NO3S. The lowest BCUT2D eigenvalue weighted by Crippen LogP contribution is -2.39. The molecule has 0 spiro atoms. The maximum absolute atomic E-state index is 10.7. The van der Waals surface area contributed by atoms with E-state index in [0.717, 1.165) is 19.1 Å². The summed E-state index contributed by atoms with van der Waals surface area (Å²) in [5.74, 6) is 0. The van der Waals surface area contributed by atoms with Crippen LogP contribution in [0.25, 0.3) is 0 Å². The van der Waals surface area contributed by atoms with Crippen LogP contribution in [0, 0.1) is 0 Å². The summed E-state index contributed by atoms with van der Waals surface area (Å²) in [6.07, 6.45) is 2.96. The zero-order valence-electron chi connectivity index (χ0n) is 6.45. The number of aliphatic hydroxyl groups is 1. The molecule has 0 aromatic carbocycles. The summed E-state index contributed by atoms with van der Waals surface area (Å²) in [6.45, 7) is 0. The topological polar surface area (TPSA) is 66.4 Å². The van der Waals surface area contributed by atoms with Crippen LogP contribution in [0.4, 0.5) is 0 Å². The van der Waals surface area contributed by atoms with E-state index in [0.29, 0.717) is 6.42 Å². The SMILES string of the molecule is CS(=O)(=O)NC1CCCC1O. The Labute approximate surface area is 66.7 Å². The van der Waals surface area contributed by atoms with Crippen molar-refractivity contribution in [3.8, 4) is 0 Å². The lowest BCUT2D eigenvalue weighted by molar-refractivity contribution is 0.159. The molecule has 66 valence electrons. The first kappa shape index (κ1) is 8.96. The third kappa shape index (κ3) is 2.76. The largest absolute Gasteiger partial charge is 0.391 e. The van der Waals surface area contributed by atoms with Gasteiger partial charge >= 0.3 is 0 Å². The number of rotatable bonds is 2. The summed E-state index contributed by atoms with van der Waals surface area (Å²) >= 11 is 0. The summed E-state index contributed by atoms with van der Waals surface area (Å²) in [5, 5.41) is 9.23. The van der Waals surface area contributed by atoms with E-state index in [9.17, 15) is 13.5 Å². The Morgan fingerprint density at radius 3 is 2.45 bits per heavy atom. The average molecular weight is 179 g/mol. The molecule has 0 aliphatic heterocycles. The first-order valence-electron chi connectivity index (χ1n) is 3.64. The number of aliphatic hydroxyl groups excluding tert-OH is 1. The highest BCUT2D eigenvalue weighted by Gasteiger charge is 2.27. The zero-order valence-corrected chi connectivity index (χ0v) is 7.26. The smallest absolute Gasteiger partial charge is 0.209 e. The summed E-state index contributed by atoms with van der Waals surface area (Å²) in [6, 6.07) is -0.259. The minimum Gasteiger partial charge on any atom is -0.391 e. The number of hydrogen-bond acceptors (Lipinski definition) is 3. The molecule has 0 radical (unpaired) electrons. The minimum absolute atomic E-state index is 0.259. The Morgan fingerprint density at radius 1 is 1.45 bits per heavy atom. The molecule has 0 saturated heterocycles. The van der Waals surface area contributed by atoms with Crippen molar-refractivity contribution in [2.75, 3.05) is 6.26 Å². The quantitative estimate of drug-likeness (QED) is 0.597. The van der Waals surface area contributed by atoms with E-state index in [1.165, 1.54) is 0 Å². The summed E-state index contributed by atoms with van der Waals surface area (Å²) < 4.78 is 23.8. The molecule has 2 unspecified atom stereocenters. The molecule has 11 heavy (non-hydrogen) atoms. The molecule has 5 heteroatoms. The molecule has 4 nitrogen and oxygen atoms in total. The van der Waals surface area contributed by atoms with Gasteiger partial charge in [0.15, 0.2) is 0 Å². The van der Waals surface area contributed by atoms with Crippen molar-refractivity contribution in [1.29, 1.82) is 0 Å². The second kappa shape index (κ2) is 3.08. The summed E-state index contributed by atoms with van der Waals surface area (Å²) in [7, 11) is -3.15. The van der Waals surface area contributed by atoms with Crippen molar-refractivity contribution in [1.82, 2.24) is 4.72 Å². The molecule has 1 fully saturated rings. The predicted molar refractivity (Wildman–Crippen MR) is 41.6 cm³/mol. The van der Waals surface area contributed by atoms with E-state index < -0.39 is 16.1 Å². The monoisotopic (exact) mass is 179 g/mol. The van der Waals surface area contributed by atoms with Gasteiger partial charge in [-0.2, -0.15) is 0 Å². The van der Waals surface area contributed by atoms with E-state index in [2.05, 4.69) is 4.72 Å². The van der Waals surface area contributed by atoms with Gasteiger partial charge in [0.1, 0.15) is 0 Å². The van der Waals surface area contributed by atoms with E-state index in [1.807, 2.05) is 0 Å². The zero-order chi connectivity index (χ0) is 8.48. The van der Waals surface area contributed by atoms with Crippen LogP contribution < -0.4 is 4.72 Å². The predicted octanol–water partition coefficient (Wildman–Crippen LogP) is -0.551. The first-order valence-corrected chi connectivity index (χ1v) is 5.53. The highest BCUT2D eigenvalue weighted by molar-refractivity contribution is 7.88. The van der Waals surface area contributed by atoms with E-state index in [1.54, 1.807) is 0 Å². The van der Waals surface area contributed by atoms with Gasteiger partial charge in [0, 0.05) is 6.04 Å². The highest BCUT2D eigenvalue weighted by Crippen LogP contribution is 2.18. The molecule has 2 atom stereocenters. The molecule has 1 aliphatic carbocycles. The van der Waals surface area contributed by atoms with Gasteiger partial charge < -0.3 is 5.11 Å². The number of sulfonamides is 1. The lowest BCUT2D eigenvalue weighted by atomic mass is 10.2. The molecule has 0 bridgehead atoms. The normalized spacial score (nSPS) is 32.5. The Kier molecular flexibility index (Phi) is 2.51. The fraction of sp³-hybridized carbons (Fsp3) is 1.00. The van der Waals surface area contributed by atoms with Gasteiger partial charge in [-0.05, 0) is 19.3 Å². The summed E-state index contributed by atoms with van der Waals surface area (Å²) in [4.78, 5) is 0. The Bertz CT molecular complexity index is 224. The number of nitrogens with one attached hydrogen (secondary N) is 1. The fourth-order valence-electron chi connectivity index (χ4n) is 1.35. The van der Waals surface area contributed by atoms with Crippen LogP contribution in [0.5, 0.6) is 0 Å². The van der Waals surface area contributed by atoms with Crippen LogP contribution in [-0.2, 0) is 10.0 Å². The van der Waals surface area contributed by atoms with Crippen molar-refractivity contribution < 1.29 is 13.5 Å². The van der Waals surface area contributed by atoms with Crippen molar-refractivity contribution >= 4 is 10.0 Å². The molecule has 0 amide bonds. The molecule has 0 aromatic rings. The van der Waals surface area contributed by atoms with E-state index >= 15 is 0 Å². The van der Waals surface area contributed by atoms with E-state index in [-0.39, 0.29) is 6.04 Å². The van der Waals surface area contributed by atoms with Gasteiger partial charge in [0.05, 0.1) is 12.4 Å². The standard InChI is InChI=1S/C6H13NO3S/c1-11(9,10)7-5-3-2-4-6(5)8/h5-8H,2-4H2,1H3. The van der Waals surface area contributed by atoms with Crippen molar-refractivity contribution in [3.05, 3.63) is 0 Å². The second-order valence-corrected chi connectivity index (χ2v) is 4.77. The molecular weight excluding hydrogens is 166 g/mol. The summed E-state index contributed by atoms with van der Waals surface area (Å²) in [5.41, 5.74) is 0. The maximum atomic E-state index is 10.7. The second-order valence-electron chi connectivity index (χ2n) is 2.99. The third-order valence-corrected chi connectivity index (χ3v) is 2.58. The van der Waals surface area contributed by atoms with Crippen LogP contribution in [0.1, 0.15) is 19.3 Å². The maximum Gasteiger partial charge on any atom is 0.209 e. The average Bonchev–Trinajstić information content (AvgIpc) is 2.12. The minimum atomic E-state index is -3.15. The Morgan fingerprint density at radius 2 is 2.09 bits per heavy atom. The van der Waals surface area contributed by atoms with Crippen molar-refractivity contribution in [2.45, 2.75) is 31.4 Å². The molecule has 1 aliphatic rings. The van der Waals surface area contributed by atoms with Gasteiger partial charge in [-0.3, -0.25) is 0 Å². The van der Waals surface area contributed by atoms with Crippen LogP contribution in [0.2, 0.25) is 0 Å². The van der Waals surface area contributed by atoms with Gasteiger partial charge in [0.25, 0.3) is 0 Å². The van der Waals surface area contributed by atoms with Crippen molar-refractivity contribution in [3.63, 3.8) is 0 Å². The van der Waals surface area contributed by atoms with Gasteiger partial charge in [-0.25, -0.2) is 13.1 Å². The number of hydrogen-bond donors (Lipinski definition) is 2. The van der Waals surface area contributed by atoms with Crippen LogP contribution in [0.3, 0.4) is 0 Å². The van der Waals surface area contributed by atoms with Gasteiger partial charge in [-0.1, -0.05) is 0 Å².